The molecule has 0 saturated heterocycles. The molecule has 1 amide bonds. The first-order valence-electron chi connectivity index (χ1n) is 8.61. The summed E-state index contributed by atoms with van der Waals surface area (Å²) in [6.45, 7) is 8.85. The molecule has 0 aromatic heterocycles. The number of fused-ring (bicyclic) bond motifs is 1. The van der Waals surface area contributed by atoms with Gasteiger partial charge in [-0.1, -0.05) is 38.1 Å². The van der Waals surface area contributed by atoms with Gasteiger partial charge in [0.2, 0.25) is 0 Å². The van der Waals surface area contributed by atoms with Crippen molar-refractivity contribution in [2.75, 3.05) is 12.8 Å². The lowest BCUT2D eigenvalue weighted by Gasteiger charge is -2.32. The van der Waals surface area contributed by atoms with E-state index in [9.17, 15) is 4.79 Å². The zero-order valence-corrected chi connectivity index (χ0v) is 15.7. The van der Waals surface area contributed by atoms with Crippen molar-refractivity contribution in [3.63, 3.8) is 0 Å². The molecule has 2 N–H and O–H groups in total. The fourth-order valence-electron chi connectivity index (χ4n) is 3.45. The Morgan fingerprint density at radius 3 is 2.41 bits per heavy atom. The van der Waals surface area contributed by atoms with E-state index in [0.717, 1.165) is 31.2 Å². The normalized spacial score (nSPS) is 27.4. The van der Waals surface area contributed by atoms with Crippen LogP contribution in [0.5, 0.6) is 0 Å². The van der Waals surface area contributed by atoms with Crippen molar-refractivity contribution >= 4 is 18.0 Å². The molecule has 0 spiro atoms. The van der Waals surface area contributed by atoms with Crippen molar-refractivity contribution < 1.29 is 9.53 Å². The van der Waals surface area contributed by atoms with Crippen molar-refractivity contribution in [1.29, 1.82) is 0 Å². The number of alkyl carbamates (subject to hydrolysis) is 1. The van der Waals surface area contributed by atoms with Gasteiger partial charge in [0, 0.05) is 12.6 Å². The van der Waals surface area contributed by atoms with Crippen LogP contribution in [0.4, 0.5) is 4.79 Å². The molecule has 0 aromatic carbocycles. The van der Waals surface area contributed by atoms with Gasteiger partial charge in [-0.05, 0) is 58.1 Å². The van der Waals surface area contributed by atoms with E-state index in [0.29, 0.717) is 6.04 Å². The quantitative estimate of drug-likeness (QED) is 0.755. The molecule has 2 rings (SSSR count). The third kappa shape index (κ3) is 7.73. The van der Waals surface area contributed by atoms with Crippen molar-refractivity contribution in [2.45, 2.75) is 77.9 Å². The Kier molecular flexibility index (Phi) is 8.62. The number of hydrogen-bond acceptors (Lipinski definition) is 4. The Bertz CT molecular complexity index is 329. The van der Waals surface area contributed by atoms with E-state index in [1.807, 2.05) is 27.0 Å². The van der Waals surface area contributed by atoms with Crippen LogP contribution in [0.3, 0.4) is 0 Å². The van der Waals surface area contributed by atoms with Crippen molar-refractivity contribution in [1.82, 2.24) is 10.0 Å². The van der Waals surface area contributed by atoms with Gasteiger partial charge in [0.05, 0.1) is 0 Å². The molecule has 2 fully saturated rings. The summed E-state index contributed by atoms with van der Waals surface area (Å²) in [4.78, 5) is 11.7. The minimum Gasteiger partial charge on any atom is -0.444 e. The molecule has 0 heterocycles. The predicted octanol–water partition coefficient (Wildman–Crippen LogP) is 4.35. The summed E-state index contributed by atoms with van der Waals surface area (Å²) in [5, 5.41) is 3.03. The topological polar surface area (TPSA) is 50.4 Å². The second-order valence-corrected chi connectivity index (χ2v) is 8.01. The van der Waals surface area contributed by atoms with Gasteiger partial charge in [-0.2, -0.15) is 0 Å². The number of carbonyl (C=O) groups is 1. The smallest absolute Gasteiger partial charge is 0.407 e. The van der Waals surface area contributed by atoms with Crippen molar-refractivity contribution in [3.05, 3.63) is 0 Å². The first kappa shape index (κ1) is 19.6. The lowest BCUT2D eigenvalue weighted by Crippen LogP contribution is -2.42. The molecule has 5 heteroatoms. The number of carbonyl (C=O) groups excluding carboxylic acids is 1. The number of rotatable bonds is 3. The zero-order valence-electron chi connectivity index (χ0n) is 14.9. The molecule has 3 atom stereocenters. The summed E-state index contributed by atoms with van der Waals surface area (Å²) in [6.07, 6.45) is 9.48. The van der Waals surface area contributed by atoms with E-state index in [4.69, 9.17) is 4.74 Å². The van der Waals surface area contributed by atoms with Crippen molar-refractivity contribution in [2.24, 2.45) is 11.8 Å². The number of nitrogens with one attached hydrogen (secondary N) is 2. The Labute approximate surface area is 140 Å². The van der Waals surface area contributed by atoms with Gasteiger partial charge in [0.25, 0.3) is 0 Å². The summed E-state index contributed by atoms with van der Waals surface area (Å²) in [5.74, 6) is 1.79. The molecule has 0 radical (unpaired) electrons. The average molecular weight is 331 g/mol. The predicted molar refractivity (Wildman–Crippen MR) is 95.0 cm³/mol. The second kappa shape index (κ2) is 9.66. The Morgan fingerprint density at radius 2 is 1.86 bits per heavy atom. The van der Waals surface area contributed by atoms with Crippen LogP contribution >= 0.6 is 11.9 Å². The van der Waals surface area contributed by atoms with Crippen LogP contribution in [0.1, 0.15) is 66.2 Å². The third-order valence-corrected chi connectivity index (χ3v) is 4.88. The van der Waals surface area contributed by atoms with Gasteiger partial charge in [-0.15, -0.1) is 0 Å². The van der Waals surface area contributed by atoms with Crippen LogP contribution < -0.4 is 10.0 Å². The summed E-state index contributed by atoms with van der Waals surface area (Å²) in [6, 6.07) is 0.337. The lowest BCUT2D eigenvalue weighted by molar-refractivity contribution is 0.0476. The van der Waals surface area contributed by atoms with Gasteiger partial charge < -0.3 is 10.1 Å². The fraction of sp³-hybridized carbons (Fsp3) is 0.941. The Hall–Kier alpha value is -0.420. The molecule has 0 bridgehead atoms. The SMILES string of the molecule is CC(C)(C)OC(=O)NC1CCC2CCCC2C1.CCNSC. The van der Waals surface area contributed by atoms with Gasteiger partial charge >= 0.3 is 6.09 Å². The van der Waals surface area contributed by atoms with Crippen LogP contribution in [0.15, 0.2) is 0 Å². The highest BCUT2D eigenvalue weighted by Crippen LogP contribution is 2.42. The molecule has 2 aliphatic rings. The van der Waals surface area contributed by atoms with Gasteiger partial charge in [-0.3, -0.25) is 4.72 Å². The molecule has 130 valence electrons. The molecule has 3 unspecified atom stereocenters. The first-order chi connectivity index (χ1) is 10.4. The van der Waals surface area contributed by atoms with E-state index < -0.39 is 5.60 Å². The number of hydrogen-bond donors (Lipinski definition) is 2. The lowest BCUT2D eigenvalue weighted by atomic mass is 9.79. The highest BCUT2D eigenvalue weighted by Gasteiger charge is 2.34. The monoisotopic (exact) mass is 330 g/mol. The molecule has 0 aliphatic heterocycles. The summed E-state index contributed by atoms with van der Waals surface area (Å²) in [7, 11) is 0. The molecular weight excluding hydrogens is 296 g/mol. The maximum atomic E-state index is 11.7. The summed E-state index contributed by atoms with van der Waals surface area (Å²) in [5.41, 5.74) is -0.394. The van der Waals surface area contributed by atoms with E-state index in [1.165, 1.54) is 25.7 Å². The van der Waals surface area contributed by atoms with E-state index in [1.54, 1.807) is 11.9 Å². The number of ether oxygens (including phenoxy) is 1. The minimum atomic E-state index is -0.394. The maximum absolute atomic E-state index is 11.7. The standard InChI is InChI=1S/C14H25NO2.C3H9NS/c1-14(2,3)17-13(16)15-12-8-7-10-5-4-6-11(10)9-12;1-3-4-5-2/h10-12H,4-9H2,1-3H3,(H,15,16);4H,3H2,1-2H3. The van der Waals surface area contributed by atoms with E-state index >= 15 is 0 Å². The number of amides is 1. The molecule has 2 saturated carbocycles. The van der Waals surface area contributed by atoms with Crippen LogP contribution in [-0.4, -0.2) is 30.5 Å². The second-order valence-electron chi connectivity index (χ2n) is 7.31. The zero-order chi connectivity index (χ0) is 16.6. The van der Waals surface area contributed by atoms with Crippen LogP contribution in [-0.2, 0) is 4.74 Å². The first-order valence-corrected chi connectivity index (χ1v) is 9.83. The Morgan fingerprint density at radius 1 is 1.18 bits per heavy atom. The average Bonchev–Trinajstić information content (AvgIpc) is 2.85. The summed E-state index contributed by atoms with van der Waals surface area (Å²) < 4.78 is 8.33. The van der Waals surface area contributed by atoms with Gasteiger partial charge in [-0.25, -0.2) is 4.79 Å². The third-order valence-electron chi connectivity index (χ3n) is 4.30. The van der Waals surface area contributed by atoms with Crippen molar-refractivity contribution in [3.8, 4) is 0 Å². The van der Waals surface area contributed by atoms with Gasteiger partial charge in [0.15, 0.2) is 0 Å². The molecule has 2 aliphatic carbocycles. The minimum absolute atomic E-state index is 0.251. The Balaban J connectivity index is 0.000000422. The van der Waals surface area contributed by atoms with Crippen LogP contribution in [0.2, 0.25) is 0 Å². The highest BCUT2D eigenvalue weighted by molar-refractivity contribution is 7.96. The van der Waals surface area contributed by atoms with Crippen LogP contribution in [0, 0.1) is 11.8 Å². The largest absolute Gasteiger partial charge is 0.444 e. The fourth-order valence-corrected chi connectivity index (χ4v) is 3.74. The maximum Gasteiger partial charge on any atom is 0.407 e. The van der Waals surface area contributed by atoms with E-state index in [2.05, 4.69) is 17.0 Å². The molecule has 4 nitrogen and oxygen atoms in total. The summed E-state index contributed by atoms with van der Waals surface area (Å²) >= 11 is 1.65. The molecule has 22 heavy (non-hydrogen) atoms. The van der Waals surface area contributed by atoms with Gasteiger partial charge in [0.1, 0.15) is 5.60 Å². The van der Waals surface area contributed by atoms with E-state index in [-0.39, 0.29) is 6.09 Å². The van der Waals surface area contributed by atoms with Crippen LogP contribution in [0.25, 0.3) is 0 Å². The molecular formula is C17H34N2O2S. The molecule has 0 aromatic rings. The highest BCUT2D eigenvalue weighted by atomic mass is 32.2.